The van der Waals surface area contributed by atoms with Crippen LogP contribution < -0.4 is 10.2 Å². The van der Waals surface area contributed by atoms with Crippen molar-refractivity contribution < 1.29 is 9.59 Å². The molecule has 6 heteroatoms. The summed E-state index contributed by atoms with van der Waals surface area (Å²) in [6, 6.07) is 15.5. The van der Waals surface area contributed by atoms with Crippen LogP contribution in [-0.4, -0.2) is 49.7 Å². The maximum absolute atomic E-state index is 12.8. The number of anilines is 2. The SMILES string of the molecule is CN(C)c1ccc(NC(=O)c2ccccc2SCC(=O)N(C)C2CCCCC2)cc1. The van der Waals surface area contributed by atoms with E-state index in [0.717, 1.165) is 29.1 Å². The molecule has 1 N–H and O–H groups in total. The van der Waals surface area contributed by atoms with Crippen LogP contribution in [0.15, 0.2) is 53.4 Å². The number of nitrogens with one attached hydrogen (secondary N) is 1. The second-order valence-corrected chi connectivity index (χ2v) is 8.99. The smallest absolute Gasteiger partial charge is 0.256 e. The normalized spacial score (nSPS) is 14.2. The molecule has 1 saturated carbocycles. The number of hydrogen-bond donors (Lipinski definition) is 1. The summed E-state index contributed by atoms with van der Waals surface area (Å²) in [4.78, 5) is 30.3. The van der Waals surface area contributed by atoms with E-state index >= 15 is 0 Å². The molecule has 2 amide bonds. The lowest BCUT2D eigenvalue weighted by atomic mass is 9.94. The van der Waals surface area contributed by atoms with Crippen LogP contribution in [-0.2, 0) is 4.79 Å². The van der Waals surface area contributed by atoms with E-state index in [4.69, 9.17) is 0 Å². The Morgan fingerprint density at radius 1 is 0.967 bits per heavy atom. The molecule has 0 atom stereocenters. The summed E-state index contributed by atoms with van der Waals surface area (Å²) in [6.45, 7) is 0. The molecule has 160 valence electrons. The Morgan fingerprint density at radius 2 is 1.63 bits per heavy atom. The van der Waals surface area contributed by atoms with Gasteiger partial charge in [-0.15, -0.1) is 11.8 Å². The van der Waals surface area contributed by atoms with E-state index in [1.807, 2.05) is 73.4 Å². The van der Waals surface area contributed by atoms with Gasteiger partial charge in [0.2, 0.25) is 5.91 Å². The fourth-order valence-corrected chi connectivity index (χ4v) is 4.71. The van der Waals surface area contributed by atoms with Crippen molar-refractivity contribution in [2.24, 2.45) is 0 Å². The van der Waals surface area contributed by atoms with E-state index in [0.29, 0.717) is 17.4 Å². The van der Waals surface area contributed by atoms with Crippen LogP contribution in [0, 0.1) is 0 Å². The molecule has 2 aromatic rings. The molecule has 2 aromatic carbocycles. The summed E-state index contributed by atoms with van der Waals surface area (Å²) in [5.41, 5.74) is 2.41. The minimum absolute atomic E-state index is 0.126. The summed E-state index contributed by atoms with van der Waals surface area (Å²) in [7, 11) is 5.87. The van der Waals surface area contributed by atoms with Gasteiger partial charge >= 0.3 is 0 Å². The molecule has 0 unspecified atom stereocenters. The number of thioether (sulfide) groups is 1. The average Bonchev–Trinajstić information content (AvgIpc) is 2.78. The van der Waals surface area contributed by atoms with Crippen molar-refractivity contribution >= 4 is 35.0 Å². The number of benzene rings is 2. The maximum atomic E-state index is 12.8. The van der Waals surface area contributed by atoms with Gasteiger partial charge in [0, 0.05) is 43.5 Å². The Bertz CT molecular complexity index is 861. The first-order chi connectivity index (χ1) is 14.5. The Balaban J connectivity index is 1.62. The van der Waals surface area contributed by atoms with Crippen molar-refractivity contribution in [3.05, 3.63) is 54.1 Å². The first-order valence-corrected chi connectivity index (χ1v) is 11.5. The number of amides is 2. The van der Waals surface area contributed by atoms with Gasteiger partial charge in [0.05, 0.1) is 11.3 Å². The second-order valence-electron chi connectivity index (χ2n) is 7.98. The van der Waals surface area contributed by atoms with Crippen LogP contribution >= 0.6 is 11.8 Å². The fraction of sp³-hybridized carbons (Fsp3) is 0.417. The van der Waals surface area contributed by atoms with Gasteiger partial charge in [-0.1, -0.05) is 31.4 Å². The molecule has 0 aliphatic heterocycles. The molecule has 30 heavy (non-hydrogen) atoms. The highest BCUT2D eigenvalue weighted by Crippen LogP contribution is 2.26. The Morgan fingerprint density at radius 3 is 2.30 bits per heavy atom. The van der Waals surface area contributed by atoms with Crippen LogP contribution in [0.2, 0.25) is 0 Å². The lowest BCUT2D eigenvalue weighted by Gasteiger charge is -2.31. The molecule has 1 aliphatic carbocycles. The molecule has 0 bridgehead atoms. The predicted molar refractivity (Wildman–Crippen MR) is 126 cm³/mol. The number of hydrogen-bond acceptors (Lipinski definition) is 4. The number of carbonyl (C=O) groups excluding carboxylic acids is 2. The highest BCUT2D eigenvalue weighted by atomic mass is 32.2. The van der Waals surface area contributed by atoms with Crippen LogP contribution in [0.25, 0.3) is 0 Å². The molecule has 5 nitrogen and oxygen atoms in total. The van der Waals surface area contributed by atoms with E-state index in [1.54, 1.807) is 6.07 Å². The third-order valence-electron chi connectivity index (χ3n) is 5.64. The zero-order valence-corrected chi connectivity index (χ0v) is 18.9. The highest BCUT2D eigenvalue weighted by molar-refractivity contribution is 8.00. The summed E-state index contributed by atoms with van der Waals surface area (Å²) in [6.07, 6.45) is 5.87. The Kier molecular flexibility index (Phi) is 7.80. The standard InChI is InChI=1S/C24H31N3O2S/c1-26(2)19-15-13-18(14-16-19)25-24(29)21-11-7-8-12-22(21)30-17-23(28)27(3)20-9-5-4-6-10-20/h7-8,11-16,20H,4-6,9-10,17H2,1-3H3,(H,25,29). The van der Waals surface area contributed by atoms with Gasteiger partial charge in [-0.2, -0.15) is 0 Å². The quantitative estimate of drug-likeness (QED) is 0.642. The lowest BCUT2D eigenvalue weighted by Crippen LogP contribution is -2.39. The molecule has 0 radical (unpaired) electrons. The summed E-state index contributed by atoms with van der Waals surface area (Å²) in [5.74, 6) is 0.305. The monoisotopic (exact) mass is 425 g/mol. The first kappa shape index (κ1) is 22.2. The van der Waals surface area contributed by atoms with Gasteiger partial charge in [-0.3, -0.25) is 9.59 Å². The van der Waals surface area contributed by atoms with Gasteiger partial charge < -0.3 is 15.1 Å². The summed E-state index contributed by atoms with van der Waals surface area (Å²) < 4.78 is 0. The summed E-state index contributed by atoms with van der Waals surface area (Å²) >= 11 is 1.43. The van der Waals surface area contributed by atoms with Gasteiger partial charge in [0.1, 0.15) is 0 Å². The third-order valence-corrected chi connectivity index (χ3v) is 6.70. The predicted octanol–water partition coefficient (Wildman–Crippen LogP) is 4.89. The number of rotatable bonds is 7. The van der Waals surface area contributed by atoms with Crippen molar-refractivity contribution in [3.63, 3.8) is 0 Å². The number of carbonyl (C=O) groups is 2. The van der Waals surface area contributed by atoms with Crippen molar-refractivity contribution in [3.8, 4) is 0 Å². The molecule has 0 heterocycles. The van der Waals surface area contributed by atoms with Crippen LogP contribution in [0.1, 0.15) is 42.5 Å². The van der Waals surface area contributed by atoms with Crippen molar-refractivity contribution in [2.75, 3.05) is 37.1 Å². The van der Waals surface area contributed by atoms with Crippen molar-refractivity contribution in [1.29, 1.82) is 0 Å². The lowest BCUT2D eigenvalue weighted by molar-refractivity contribution is -0.129. The molecule has 0 aromatic heterocycles. The fourth-order valence-electron chi connectivity index (χ4n) is 3.73. The van der Waals surface area contributed by atoms with Crippen molar-refractivity contribution in [2.45, 2.75) is 43.0 Å². The van der Waals surface area contributed by atoms with Gasteiger partial charge in [-0.05, 0) is 49.2 Å². The Labute approximate surface area is 183 Å². The van der Waals surface area contributed by atoms with Crippen molar-refractivity contribution in [1.82, 2.24) is 4.90 Å². The maximum Gasteiger partial charge on any atom is 0.256 e. The largest absolute Gasteiger partial charge is 0.378 e. The minimum Gasteiger partial charge on any atom is -0.378 e. The van der Waals surface area contributed by atoms with E-state index in [1.165, 1.54) is 31.0 Å². The zero-order chi connectivity index (χ0) is 21.5. The van der Waals surface area contributed by atoms with Gasteiger partial charge in [0.15, 0.2) is 0 Å². The molecule has 3 rings (SSSR count). The number of nitrogens with zero attached hydrogens (tertiary/aromatic N) is 2. The van der Waals surface area contributed by atoms with Crippen LogP contribution in [0.3, 0.4) is 0 Å². The molecule has 0 spiro atoms. The average molecular weight is 426 g/mol. The molecule has 1 fully saturated rings. The summed E-state index contributed by atoms with van der Waals surface area (Å²) in [5, 5.41) is 2.96. The van der Waals surface area contributed by atoms with E-state index in [9.17, 15) is 9.59 Å². The second kappa shape index (κ2) is 10.5. The first-order valence-electron chi connectivity index (χ1n) is 10.5. The molecule has 1 aliphatic rings. The molecular weight excluding hydrogens is 394 g/mol. The van der Waals surface area contributed by atoms with E-state index in [2.05, 4.69) is 5.32 Å². The molecule has 0 saturated heterocycles. The highest BCUT2D eigenvalue weighted by Gasteiger charge is 2.22. The zero-order valence-electron chi connectivity index (χ0n) is 18.1. The van der Waals surface area contributed by atoms with Gasteiger partial charge in [-0.25, -0.2) is 0 Å². The minimum atomic E-state index is -0.163. The van der Waals surface area contributed by atoms with E-state index in [-0.39, 0.29) is 11.8 Å². The Hall–Kier alpha value is -2.47. The van der Waals surface area contributed by atoms with Gasteiger partial charge in [0.25, 0.3) is 5.91 Å². The molecular formula is C24H31N3O2S. The van der Waals surface area contributed by atoms with E-state index < -0.39 is 0 Å². The van der Waals surface area contributed by atoms with Crippen LogP contribution in [0.5, 0.6) is 0 Å². The topological polar surface area (TPSA) is 52.7 Å². The third kappa shape index (κ3) is 5.79. The van der Waals surface area contributed by atoms with Crippen LogP contribution in [0.4, 0.5) is 11.4 Å².